The molecule has 0 saturated heterocycles. The van der Waals surface area contributed by atoms with Crippen LogP contribution in [0.3, 0.4) is 0 Å². The number of hydrogen-bond acceptors (Lipinski definition) is 6. The summed E-state index contributed by atoms with van der Waals surface area (Å²) in [7, 11) is 1.32. The second-order valence-electron chi connectivity index (χ2n) is 5.82. The van der Waals surface area contributed by atoms with Crippen molar-refractivity contribution in [2.24, 2.45) is 0 Å². The lowest BCUT2D eigenvalue weighted by Gasteiger charge is -2.11. The van der Waals surface area contributed by atoms with Crippen LogP contribution in [0.5, 0.6) is 0 Å². The maximum atomic E-state index is 11.9. The lowest BCUT2D eigenvalue weighted by Crippen LogP contribution is -2.21. The summed E-state index contributed by atoms with van der Waals surface area (Å²) in [4.78, 5) is 16.4. The number of fused-ring (bicyclic) bond motifs is 1. The number of oxazole rings is 1. The number of alkyl halides is 1. The number of benzene rings is 2. The fourth-order valence-electron chi connectivity index (χ4n) is 2.57. The van der Waals surface area contributed by atoms with Crippen LogP contribution in [0.25, 0.3) is 11.1 Å². The number of nitrogens with zero attached hydrogens (tertiary/aromatic N) is 1. The molecule has 136 valence electrons. The molecule has 0 aliphatic heterocycles. The zero-order chi connectivity index (χ0) is 18.5. The van der Waals surface area contributed by atoms with E-state index in [-0.39, 0.29) is 12.4 Å². The molecule has 0 fully saturated rings. The molecule has 1 unspecified atom stereocenters. The van der Waals surface area contributed by atoms with Crippen molar-refractivity contribution in [1.29, 1.82) is 0 Å². The molecule has 1 heterocycles. The first-order chi connectivity index (χ1) is 12.6. The topological polar surface area (TPSA) is 84.6 Å². The summed E-state index contributed by atoms with van der Waals surface area (Å²) >= 11 is 5.64. The number of aliphatic hydroxyl groups excluding tert-OH is 1. The van der Waals surface area contributed by atoms with Crippen LogP contribution < -0.4 is 5.32 Å². The van der Waals surface area contributed by atoms with Crippen LogP contribution in [0.4, 0.5) is 5.69 Å². The van der Waals surface area contributed by atoms with Gasteiger partial charge in [-0.25, -0.2) is 9.78 Å². The Hall–Kier alpha value is -2.57. The van der Waals surface area contributed by atoms with E-state index in [9.17, 15) is 9.90 Å². The van der Waals surface area contributed by atoms with E-state index in [2.05, 4.69) is 10.3 Å². The Labute approximate surface area is 155 Å². The summed E-state index contributed by atoms with van der Waals surface area (Å²) in [5.74, 6) is 0.164. The van der Waals surface area contributed by atoms with Crippen LogP contribution in [-0.4, -0.2) is 41.7 Å². The first-order valence-corrected chi connectivity index (χ1v) is 8.67. The van der Waals surface area contributed by atoms with Gasteiger partial charge < -0.3 is 19.6 Å². The molecule has 0 bridgehead atoms. The second kappa shape index (κ2) is 8.21. The minimum Gasteiger partial charge on any atom is -0.465 e. The number of nitrogens with one attached hydrogen (secondary N) is 1. The van der Waals surface area contributed by atoms with Gasteiger partial charge in [-0.1, -0.05) is 30.3 Å². The molecule has 0 aliphatic rings. The number of methoxy groups -OCH3 is 1. The smallest absolute Gasteiger partial charge is 0.338 e. The third-order valence-electron chi connectivity index (χ3n) is 3.86. The van der Waals surface area contributed by atoms with E-state index in [4.69, 9.17) is 20.8 Å². The van der Waals surface area contributed by atoms with Gasteiger partial charge in [-0.05, 0) is 17.7 Å². The van der Waals surface area contributed by atoms with Crippen LogP contribution in [0.2, 0.25) is 0 Å². The summed E-state index contributed by atoms with van der Waals surface area (Å²) < 4.78 is 10.7. The van der Waals surface area contributed by atoms with Crippen molar-refractivity contribution in [3.63, 3.8) is 0 Å². The predicted octanol–water partition coefficient (Wildman–Crippen LogP) is 3.22. The van der Waals surface area contributed by atoms with E-state index in [0.29, 0.717) is 34.7 Å². The van der Waals surface area contributed by atoms with Gasteiger partial charge in [0, 0.05) is 13.0 Å². The zero-order valence-corrected chi connectivity index (χ0v) is 15.0. The van der Waals surface area contributed by atoms with Crippen molar-refractivity contribution < 1.29 is 19.1 Å². The molecule has 2 N–H and O–H groups in total. The van der Waals surface area contributed by atoms with Crippen molar-refractivity contribution in [2.75, 3.05) is 24.9 Å². The van der Waals surface area contributed by atoms with E-state index < -0.39 is 12.1 Å². The Balaban J connectivity index is 1.97. The van der Waals surface area contributed by atoms with Gasteiger partial charge in [-0.2, -0.15) is 0 Å². The number of esters is 1. The summed E-state index contributed by atoms with van der Waals surface area (Å²) in [6.45, 7) is 0.220. The molecule has 0 radical (unpaired) electrons. The van der Waals surface area contributed by atoms with E-state index >= 15 is 0 Å². The zero-order valence-electron chi connectivity index (χ0n) is 14.2. The number of ether oxygens (including phenoxy) is 1. The van der Waals surface area contributed by atoms with Crippen LogP contribution in [-0.2, 0) is 11.2 Å². The highest BCUT2D eigenvalue weighted by atomic mass is 35.5. The largest absolute Gasteiger partial charge is 0.465 e. The molecule has 0 saturated carbocycles. The normalized spacial score (nSPS) is 12.1. The highest BCUT2D eigenvalue weighted by Crippen LogP contribution is 2.28. The standard InChI is InChI=1S/C19H19ClN2O4/c1-25-19(24)13-8-15(21-11-14(23)10-20)18-16(9-13)22-17(26-18)7-12-5-3-2-4-6-12/h2-6,8-9,14,21,23H,7,10-11H2,1H3. The SMILES string of the molecule is COC(=O)c1cc(NCC(O)CCl)c2oc(Cc3ccccc3)nc2c1. The monoisotopic (exact) mass is 374 g/mol. The number of aliphatic hydroxyl groups is 1. The minimum absolute atomic E-state index is 0.0997. The maximum absolute atomic E-state index is 11.9. The van der Waals surface area contributed by atoms with Crippen molar-refractivity contribution in [1.82, 2.24) is 4.98 Å². The van der Waals surface area contributed by atoms with Crippen LogP contribution in [0.1, 0.15) is 21.8 Å². The average Bonchev–Trinajstić information content (AvgIpc) is 3.08. The van der Waals surface area contributed by atoms with Gasteiger partial charge in [-0.15, -0.1) is 11.6 Å². The number of carbonyl (C=O) groups excluding carboxylic acids is 1. The van der Waals surface area contributed by atoms with Gasteiger partial charge in [0.1, 0.15) is 5.52 Å². The van der Waals surface area contributed by atoms with E-state index in [1.165, 1.54) is 7.11 Å². The third-order valence-corrected chi connectivity index (χ3v) is 4.22. The lowest BCUT2D eigenvalue weighted by molar-refractivity contribution is 0.0601. The first-order valence-electron chi connectivity index (χ1n) is 8.14. The number of anilines is 1. The Morgan fingerprint density at radius 3 is 2.81 bits per heavy atom. The predicted molar refractivity (Wildman–Crippen MR) is 99.8 cm³/mol. The lowest BCUT2D eigenvalue weighted by atomic mass is 10.1. The summed E-state index contributed by atoms with van der Waals surface area (Å²) in [6.07, 6.45) is -0.187. The second-order valence-corrected chi connectivity index (χ2v) is 6.13. The molecule has 0 amide bonds. The van der Waals surface area contributed by atoms with Gasteiger partial charge >= 0.3 is 5.97 Å². The molecule has 3 aromatic rings. The van der Waals surface area contributed by atoms with Gasteiger partial charge in [0.2, 0.25) is 0 Å². The van der Waals surface area contributed by atoms with Crippen LogP contribution in [0, 0.1) is 0 Å². The molecule has 2 aromatic carbocycles. The Bertz CT molecular complexity index is 895. The Morgan fingerprint density at radius 1 is 1.35 bits per heavy atom. The van der Waals surface area contributed by atoms with Crippen molar-refractivity contribution in [3.05, 3.63) is 59.5 Å². The Kier molecular flexibility index (Phi) is 5.75. The van der Waals surface area contributed by atoms with Crippen molar-refractivity contribution in [2.45, 2.75) is 12.5 Å². The molecule has 3 rings (SSSR count). The molecular formula is C19H19ClN2O4. The maximum Gasteiger partial charge on any atom is 0.338 e. The average molecular weight is 375 g/mol. The quantitative estimate of drug-likeness (QED) is 0.488. The minimum atomic E-state index is -0.722. The van der Waals surface area contributed by atoms with Gasteiger partial charge in [0.25, 0.3) is 0 Å². The van der Waals surface area contributed by atoms with Crippen molar-refractivity contribution in [3.8, 4) is 0 Å². The number of aromatic nitrogens is 1. The number of halogens is 1. The molecule has 6 nitrogen and oxygen atoms in total. The molecule has 0 spiro atoms. The molecule has 7 heteroatoms. The van der Waals surface area contributed by atoms with E-state index in [0.717, 1.165) is 5.56 Å². The van der Waals surface area contributed by atoms with Gasteiger partial charge in [-0.3, -0.25) is 0 Å². The molecule has 26 heavy (non-hydrogen) atoms. The molecule has 0 aliphatic carbocycles. The van der Waals surface area contributed by atoms with E-state index in [1.54, 1.807) is 12.1 Å². The van der Waals surface area contributed by atoms with Gasteiger partial charge in [0.05, 0.1) is 30.3 Å². The van der Waals surface area contributed by atoms with Crippen LogP contribution in [0.15, 0.2) is 46.9 Å². The fourth-order valence-corrected chi connectivity index (χ4v) is 2.68. The summed E-state index contributed by atoms with van der Waals surface area (Å²) in [5, 5.41) is 12.7. The Morgan fingerprint density at radius 2 is 2.12 bits per heavy atom. The molecule has 1 atom stereocenters. The number of rotatable bonds is 7. The highest BCUT2D eigenvalue weighted by molar-refractivity contribution is 6.18. The fraction of sp³-hybridized carbons (Fsp3) is 0.263. The molecule has 1 aromatic heterocycles. The number of carbonyl (C=O) groups is 1. The van der Waals surface area contributed by atoms with E-state index in [1.807, 2.05) is 30.3 Å². The number of hydrogen-bond donors (Lipinski definition) is 2. The highest BCUT2D eigenvalue weighted by Gasteiger charge is 2.17. The first kappa shape index (κ1) is 18.2. The van der Waals surface area contributed by atoms with Gasteiger partial charge in [0.15, 0.2) is 11.5 Å². The summed E-state index contributed by atoms with van der Waals surface area (Å²) in [6, 6.07) is 13.1. The molecular weight excluding hydrogens is 356 g/mol. The third kappa shape index (κ3) is 4.15. The summed E-state index contributed by atoms with van der Waals surface area (Å²) in [5.41, 5.74) is 3.03. The van der Waals surface area contributed by atoms with Crippen LogP contribution >= 0.6 is 11.6 Å². The van der Waals surface area contributed by atoms with Crippen molar-refractivity contribution >= 4 is 34.4 Å².